The van der Waals surface area contributed by atoms with Gasteiger partial charge >= 0.3 is 0 Å². The number of pyridine rings is 1. The van der Waals surface area contributed by atoms with Gasteiger partial charge in [0, 0.05) is 18.7 Å². The predicted molar refractivity (Wildman–Crippen MR) is 112 cm³/mol. The van der Waals surface area contributed by atoms with Gasteiger partial charge in [0.2, 0.25) is 5.95 Å². The van der Waals surface area contributed by atoms with Crippen LogP contribution in [-0.2, 0) is 11.3 Å². The Morgan fingerprint density at radius 2 is 2.09 bits per heavy atom. The van der Waals surface area contributed by atoms with E-state index in [1.807, 2.05) is 13.0 Å². The number of halogens is 1. The smallest absolute Gasteiger partial charge is 0.290 e. The van der Waals surface area contributed by atoms with Crippen LogP contribution in [0.5, 0.6) is 5.75 Å². The molecule has 1 amide bonds. The Labute approximate surface area is 181 Å². The number of phenols is 1. The number of aromatic amines is 1. The highest BCUT2D eigenvalue weighted by Crippen LogP contribution is 2.33. The lowest BCUT2D eigenvalue weighted by atomic mass is 9.90. The molecule has 1 atom stereocenters. The summed E-state index contributed by atoms with van der Waals surface area (Å²) in [5.74, 6) is -1.24. The lowest BCUT2D eigenvalue weighted by molar-refractivity contribution is -0.122. The Bertz CT molecular complexity index is 1300. The van der Waals surface area contributed by atoms with Crippen molar-refractivity contribution in [3.63, 3.8) is 0 Å². The lowest BCUT2D eigenvalue weighted by Crippen LogP contribution is -2.39. The van der Waals surface area contributed by atoms with Crippen molar-refractivity contribution in [2.45, 2.75) is 19.4 Å². The van der Waals surface area contributed by atoms with Gasteiger partial charge in [0.15, 0.2) is 5.69 Å². The first-order valence-corrected chi connectivity index (χ1v) is 9.75. The molecule has 10 heteroatoms. The number of hydrogen-bond acceptors (Lipinski definition) is 5. The van der Waals surface area contributed by atoms with Crippen LogP contribution in [0.25, 0.3) is 5.65 Å². The van der Waals surface area contributed by atoms with E-state index in [1.165, 1.54) is 4.40 Å². The van der Waals surface area contributed by atoms with Crippen molar-refractivity contribution >= 4 is 18.0 Å². The molecule has 3 aromatic heterocycles. The molecule has 0 fully saturated rings. The monoisotopic (exact) mass is 437 g/mol. The summed E-state index contributed by atoms with van der Waals surface area (Å²) >= 11 is 0. The maximum atomic E-state index is 14.9. The SMILES string of the molecule is Cc1ccn2c(F)c(C(=O)N3Cc4[nH]cnc4C(c4cccc(O)c4)C3)nc2c1.O=CO. The molecule has 0 spiro atoms. The molecule has 1 unspecified atom stereocenters. The maximum Gasteiger partial charge on any atom is 0.290 e. The molecule has 1 aromatic carbocycles. The molecule has 3 N–H and O–H groups in total. The summed E-state index contributed by atoms with van der Waals surface area (Å²) < 4.78 is 16.2. The second-order valence-corrected chi connectivity index (χ2v) is 7.39. The highest BCUT2D eigenvalue weighted by atomic mass is 19.1. The van der Waals surface area contributed by atoms with Gasteiger partial charge in [0.05, 0.1) is 24.3 Å². The van der Waals surface area contributed by atoms with Crippen LogP contribution in [0.1, 0.15) is 38.9 Å². The number of fused-ring (bicyclic) bond motifs is 2. The fraction of sp³-hybridized carbons (Fsp3) is 0.182. The molecule has 0 saturated heterocycles. The quantitative estimate of drug-likeness (QED) is 0.414. The highest BCUT2D eigenvalue weighted by molar-refractivity contribution is 5.93. The molecule has 4 heterocycles. The van der Waals surface area contributed by atoms with E-state index in [1.54, 1.807) is 47.8 Å². The molecule has 0 radical (unpaired) electrons. The first-order valence-electron chi connectivity index (χ1n) is 9.75. The average molecular weight is 437 g/mol. The lowest BCUT2D eigenvalue weighted by Gasteiger charge is -2.32. The summed E-state index contributed by atoms with van der Waals surface area (Å²) in [4.78, 5) is 34.8. The topological polar surface area (TPSA) is 124 Å². The summed E-state index contributed by atoms with van der Waals surface area (Å²) in [5.41, 5.74) is 3.58. The molecule has 0 saturated carbocycles. The minimum absolute atomic E-state index is 0.143. The largest absolute Gasteiger partial charge is 0.508 e. The second kappa shape index (κ2) is 8.50. The van der Waals surface area contributed by atoms with E-state index in [0.717, 1.165) is 22.5 Å². The number of amides is 1. The number of aryl methyl sites for hydroxylation is 1. The first-order chi connectivity index (χ1) is 15.4. The Morgan fingerprint density at radius 1 is 1.31 bits per heavy atom. The number of carbonyl (C=O) groups is 2. The molecule has 0 aliphatic carbocycles. The van der Waals surface area contributed by atoms with Gasteiger partial charge in [-0.15, -0.1) is 0 Å². The molecule has 5 rings (SSSR count). The van der Waals surface area contributed by atoms with Crippen molar-refractivity contribution in [2.24, 2.45) is 0 Å². The zero-order valence-corrected chi connectivity index (χ0v) is 17.1. The second-order valence-electron chi connectivity index (χ2n) is 7.39. The van der Waals surface area contributed by atoms with E-state index >= 15 is 0 Å². The highest BCUT2D eigenvalue weighted by Gasteiger charge is 2.34. The molecule has 32 heavy (non-hydrogen) atoms. The predicted octanol–water partition coefficient (Wildman–Crippen LogP) is 2.70. The molecule has 9 nitrogen and oxygen atoms in total. The summed E-state index contributed by atoms with van der Waals surface area (Å²) in [6, 6.07) is 10.4. The van der Waals surface area contributed by atoms with Crippen LogP contribution in [0, 0.1) is 12.9 Å². The molecule has 4 aromatic rings. The van der Waals surface area contributed by atoms with Gasteiger partial charge in [0.25, 0.3) is 12.4 Å². The van der Waals surface area contributed by atoms with E-state index in [0.29, 0.717) is 12.2 Å². The van der Waals surface area contributed by atoms with Gasteiger partial charge < -0.3 is 20.1 Å². The number of nitrogens with zero attached hydrogens (tertiary/aromatic N) is 4. The van der Waals surface area contributed by atoms with E-state index in [2.05, 4.69) is 15.0 Å². The van der Waals surface area contributed by atoms with Crippen LogP contribution in [0.15, 0.2) is 48.9 Å². The Balaban J connectivity index is 0.000000775. The molecular formula is C22H20FN5O4. The van der Waals surface area contributed by atoms with Crippen molar-refractivity contribution in [1.29, 1.82) is 0 Å². The summed E-state index contributed by atoms with van der Waals surface area (Å²) in [6.07, 6.45) is 3.16. The van der Waals surface area contributed by atoms with Crippen molar-refractivity contribution < 1.29 is 24.2 Å². The molecular weight excluding hydrogens is 417 g/mol. The molecule has 0 bridgehead atoms. The summed E-state index contributed by atoms with van der Waals surface area (Å²) in [7, 11) is 0. The molecule has 1 aliphatic rings. The number of hydrogen-bond donors (Lipinski definition) is 3. The van der Waals surface area contributed by atoms with Crippen LogP contribution < -0.4 is 0 Å². The van der Waals surface area contributed by atoms with Gasteiger partial charge in [-0.1, -0.05) is 12.1 Å². The minimum Gasteiger partial charge on any atom is -0.508 e. The number of H-pyrrole nitrogens is 1. The van der Waals surface area contributed by atoms with Crippen molar-refractivity contribution in [3.8, 4) is 5.75 Å². The average Bonchev–Trinajstić information content (AvgIpc) is 3.37. The standard InChI is InChI=1S/C21H18FN5O2.CH2O2/c1-12-5-6-27-17(7-12)25-19(20(27)22)21(29)26-9-15(13-3-2-4-14(28)8-13)18-16(10-26)23-11-24-18;2-1-3/h2-8,11,15,28H,9-10H2,1H3,(H,23,24);1H,(H,2,3). The van der Waals surface area contributed by atoms with E-state index in [4.69, 9.17) is 9.90 Å². The molecule has 1 aliphatic heterocycles. The number of benzene rings is 1. The minimum atomic E-state index is -0.672. The molecule has 164 valence electrons. The van der Waals surface area contributed by atoms with E-state index in [9.17, 15) is 14.3 Å². The van der Waals surface area contributed by atoms with Gasteiger partial charge in [-0.3, -0.25) is 14.0 Å². The third kappa shape index (κ3) is 3.78. The summed E-state index contributed by atoms with van der Waals surface area (Å²) in [6.45, 7) is 2.24. The van der Waals surface area contributed by atoms with Crippen molar-refractivity contribution in [1.82, 2.24) is 24.3 Å². The van der Waals surface area contributed by atoms with Gasteiger partial charge in [-0.25, -0.2) is 9.97 Å². The third-order valence-electron chi connectivity index (χ3n) is 5.32. The third-order valence-corrected chi connectivity index (χ3v) is 5.32. The van der Waals surface area contributed by atoms with Gasteiger partial charge in [-0.05, 0) is 42.3 Å². The fourth-order valence-corrected chi connectivity index (χ4v) is 3.88. The van der Waals surface area contributed by atoms with Crippen LogP contribution in [0.3, 0.4) is 0 Å². The number of rotatable bonds is 2. The first kappa shape index (κ1) is 21.0. The number of imidazole rings is 2. The number of aromatic nitrogens is 4. The van der Waals surface area contributed by atoms with Crippen LogP contribution in [0.4, 0.5) is 4.39 Å². The summed E-state index contributed by atoms with van der Waals surface area (Å²) in [5, 5.41) is 16.8. The number of phenolic OH excluding ortho intramolecular Hbond substituents is 1. The Hall–Kier alpha value is -4.21. The van der Waals surface area contributed by atoms with Crippen LogP contribution >= 0.6 is 0 Å². The number of carboxylic acid groups (broad SMARTS) is 1. The van der Waals surface area contributed by atoms with E-state index < -0.39 is 11.9 Å². The maximum absolute atomic E-state index is 14.9. The van der Waals surface area contributed by atoms with Gasteiger partial charge in [-0.2, -0.15) is 4.39 Å². The van der Waals surface area contributed by atoms with Crippen molar-refractivity contribution in [2.75, 3.05) is 6.54 Å². The Kier molecular flexibility index (Phi) is 5.59. The zero-order chi connectivity index (χ0) is 22.8. The van der Waals surface area contributed by atoms with E-state index in [-0.39, 0.29) is 30.4 Å². The van der Waals surface area contributed by atoms with Crippen molar-refractivity contribution in [3.05, 3.63) is 83.1 Å². The van der Waals surface area contributed by atoms with Crippen LogP contribution in [0.2, 0.25) is 0 Å². The van der Waals surface area contributed by atoms with Gasteiger partial charge in [0.1, 0.15) is 11.4 Å². The number of carbonyl (C=O) groups excluding carboxylic acids is 1. The zero-order valence-electron chi connectivity index (χ0n) is 17.1. The normalized spacial score (nSPS) is 15.1. The number of nitrogens with one attached hydrogen (secondary N) is 1. The Morgan fingerprint density at radius 3 is 2.84 bits per heavy atom. The number of aromatic hydroxyl groups is 1. The fourth-order valence-electron chi connectivity index (χ4n) is 3.88. The van der Waals surface area contributed by atoms with Crippen LogP contribution in [-0.4, -0.2) is 53.4 Å².